The Bertz CT molecular complexity index is 362. The zero-order chi connectivity index (χ0) is 10.9. The zero-order valence-corrected chi connectivity index (χ0v) is 9.12. The first-order valence-corrected chi connectivity index (χ1v) is 5.04. The van der Waals surface area contributed by atoms with Crippen LogP contribution in [0.4, 0.5) is 0 Å². The summed E-state index contributed by atoms with van der Waals surface area (Å²) in [5, 5.41) is 0. The molecule has 0 unspecified atom stereocenters. The normalized spacial score (nSPS) is 17.3. The van der Waals surface area contributed by atoms with E-state index in [2.05, 4.69) is 4.98 Å². The van der Waals surface area contributed by atoms with Gasteiger partial charge in [0.05, 0.1) is 20.4 Å². The van der Waals surface area contributed by atoms with E-state index in [4.69, 9.17) is 15.2 Å². The van der Waals surface area contributed by atoms with Crippen molar-refractivity contribution in [1.29, 1.82) is 0 Å². The number of aromatic nitrogens is 1. The van der Waals surface area contributed by atoms with Gasteiger partial charge in [-0.2, -0.15) is 0 Å². The molecule has 2 N–H and O–H groups in total. The monoisotopic (exact) mass is 208 g/mol. The minimum atomic E-state index is 0.0988. The molecule has 0 atom stereocenters. The van der Waals surface area contributed by atoms with E-state index in [1.807, 2.05) is 6.07 Å². The Balaban J connectivity index is 2.42. The lowest BCUT2D eigenvalue weighted by Gasteiger charge is -2.17. The summed E-state index contributed by atoms with van der Waals surface area (Å²) in [5.74, 6) is 1.42. The van der Waals surface area contributed by atoms with Crippen LogP contribution in [-0.4, -0.2) is 25.7 Å². The summed E-state index contributed by atoms with van der Waals surface area (Å²) >= 11 is 0. The first-order chi connectivity index (χ1) is 7.25. The standard InChI is InChI=1S/C11H16N2O2/c1-14-9-6-13-10(15-2)5-8(9)11(7-12)3-4-11/h5-6H,3-4,7,12H2,1-2H3. The van der Waals surface area contributed by atoms with Crippen LogP contribution in [0.15, 0.2) is 12.3 Å². The highest BCUT2D eigenvalue weighted by Gasteiger charge is 2.45. The van der Waals surface area contributed by atoms with Gasteiger partial charge in [-0.3, -0.25) is 0 Å². The van der Waals surface area contributed by atoms with Crippen LogP contribution in [0.5, 0.6) is 11.6 Å². The number of rotatable bonds is 4. The maximum atomic E-state index is 5.80. The second kappa shape index (κ2) is 3.70. The predicted octanol–water partition coefficient (Wildman–Crippen LogP) is 1.09. The minimum absolute atomic E-state index is 0.0988. The van der Waals surface area contributed by atoms with E-state index in [-0.39, 0.29) is 5.41 Å². The number of hydrogen-bond donors (Lipinski definition) is 1. The lowest BCUT2D eigenvalue weighted by molar-refractivity contribution is 0.380. The van der Waals surface area contributed by atoms with Crippen molar-refractivity contribution in [3.8, 4) is 11.6 Å². The highest BCUT2D eigenvalue weighted by Crippen LogP contribution is 2.50. The van der Waals surface area contributed by atoms with E-state index in [9.17, 15) is 0 Å². The molecule has 1 aliphatic carbocycles. The SMILES string of the molecule is COc1cc(C2(CN)CC2)c(OC)cn1. The number of pyridine rings is 1. The molecule has 82 valence electrons. The lowest BCUT2D eigenvalue weighted by Crippen LogP contribution is -2.20. The average Bonchev–Trinajstić information content (AvgIpc) is 3.09. The topological polar surface area (TPSA) is 57.4 Å². The van der Waals surface area contributed by atoms with Crippen molar-refractivity contribution in [2.75, 3.05) is 20.8 Å². The molecule has 1 aromatic rings. The van der Waals surface area contributed by atoms with Crippen LogP contribution in [0.25, 0.3) is 0 Å². The second-order valence-corrected chi connectivity index (χ2v) is 3.91. The van der Waals surface area contributed by atoms with E-state index in [0.29, 0.717) is 12.4 Å². The van der Waals surface area contributed by atoms with Gasteiger partial charge in [-0.25, -0.2) is 4.98 Å². The molecule has 1 fully saturated rings. The summed E-state index contributed by atoms with van der Waals surface area (Å²) in [6, 6.07) is 1.93. The van der Waals surface area contributed by atoms with Gasteiger partial charge in [0.1, 0.15) is 5.75 Å². The fraction of sp³-hybridized carbons (Fsp3) is 0.545. The molecular formula is C11H16N2O2. The van der Waals surface area contributed by atoms with Gasteiger partial charge in [0.2, 0.25) is 5.88 Å². The Morgan fingerprint density at radius 3 is 2.60 bits per heavy atom. The highest BCUT2D eigenvalue weighted by atomic mass is 16.5. The van der Waals surface area contributed by atoms with Gasteiger partial charge in [-0.15, -0.1) is 0 Å². The molecule has 1 aromatic heterocycles. The van der Waals surface area contributed by atoms with E-state index < -0.39 is 0 Å². The van der Waals surface area contributed by atoms with Gasteiger partial charge < -0.3 is 15.2 Å². The quantitative estimate of drug-likeness (QED) is 0.804. The van der Waals surface area contributed by atoms with Crippen molar-refractivity contribution in [3.63, 3.8) is 0 Å². The molecule has 4 nitrogen and oxygen atoms in total. The maximum absolute atomic E-state index is 5.80. The van der Waals surface area contributed by atoms with E-state index in [0.717, 1.165) is 24.2 Å². The molecule has 0 amide bonds. The minimum Gasteiger partial charge on any atom is -0.495 e. The van der Waals surface area contributed by atoms with E-state index in [1.165, 1.54) is 0 Å². The Hall–Kier alpha value is -1.29. The van der Waals surface area contributed by atoms with Gasteiger partial charge >= 0.3 is 0 Å². The lowest BCUT2D eigenvalue weighted by atomic mass is 9.96. The first kappa shape index (κ1) is 10.2. The maximum Gasteiger partial charge on any atom is 0.213 e. The van der Waals surface area contributed by atoms with Crippen LogP contribution >= 0.6 is 0 Å². The summed E-state index contributed by atoms with van der Waals surface area (Å²) in [4.78, 5) is 4.12. The molecule has 1 aliphatic rings. The van der Waals surface area contributed by atoms with E-state index in [1.54, 1.807) is 20.4 Å². The number of methoxy groups -OCH3 is 2. The summed E-state index contributed by atoms with van der Waals surface area (Å²) in [5.41, 5.74) is 7.02. The second-order valence-electron chi connectivity index (χ2n) is 3.91. The number of nitrogens with two attached hydrogens (primary N) is 1. The van der Waals surface area contributed by atoms with Crippen molar-refractivity contribution in [1.82, 2.24) is 4.98 Å². The third-order valence-corrected chi connectivity index (χ3v) is 3.09. The van der Waals surface area contributed by atoms with Gasteiger partial charge in [-0.1, -0.05) is 0 Å². The van der Waals surface area contributed by atoms with Crippen LogP contribution in [0.3, 0.4) is 0 Å². The van der Waals surface area contributed by atoms with Crippen LogP contribution in [0, 0.1) is 0 Å². The average molecular weight is 208 g/mol. The van der Waals surface area contributed by atoms with Crippen molar-refractivity contribution in [2.45, 2.75) is 18.3 Å². The Labute approximate surface area is 89.4 Å². The molecule has 15 heavy (non-hydrogen) atoms. The van der Waals surface area contributed by atoms with Crippen molar-refractivity contribution < 1.29 is 9.47 Å². The molecule has 0 spiro atoms. The Morgan fingerprint density at radius 2 is 2.13 bits per heavy atom. The molecule has 0 aliphatic heterocycles. The summed E-state index contributed by atoms with van der Waals surface area (Å²) in [7, 11) is 3.26. The summed E-state index contributed by atoms with van der Waals surface area (Å²) in [6.45, 7) is 0.649. The van der Waals surface area contributed by atoms with Crippen LogP contribution in [-0.2, 0) is 5.41 Å². The molecule has 0 bridgehead atoms. The Kier molecular flexibility index (Phi) is 2.52. The molecular weight excluding hydrogens is 192 g/mol. The van der Waals surface area contributed by atoms with Crippen molar-refractivity contribution in [2.24, 2.45) is 5.73 Å². The van der Waals surface area contributed by atoms with E-state index >= 15 is 0 Å². The van der Waals surface area contributed by atoms with Crippen LogP contribution < -0.4 is 15.2 Å². The van der Waals surface area contributed by atoms with Crippen molar-refractivity contribution >= 4 is 0 Å². The Morgan fingerprint density at radius 1 is 1.40 bits per heavy atom. The molecule has 0 saturated heterocycles. The van der Waals surface area contributed by atoms with Crippen LogP contribution in [0.1, 0.15) is 18.4 Å². The number of nitrogens with zero attached hydrogens (tertiary/aromatic N) is 1. The van der Waals surface area contributed by atoms with Gasteiger partial charge in [-0.05, 0) is 12.8 Å². The molecule has 1 saturated carbocycles. The number of hydrogen-bond acceptors (Lipinski definition) is 4. The van der Waals surface area contributed by atoms with Crippen LogP contribution in [0.2, 0.25) is 0 Å². The summed E-state index contributed by atoms with van der Waals surface area (Å²) < 4.78 is 10.4. The first-order valence-electron chi connectivity index (χ1n) is 5.04. The fourth-order valence-electron chi connectivity index (χ4n) is 1.85. The molecule has 0 radical (unpaired) electrons. The smallest absolute Gasteiger partial charge is 0.213 e. The third kappa shape index (κ3) is 1.65. The third-order valence-electron chi connectivity index (χ3n) is 3.09. The summed E-state index contributed by atoms with van der Waals surface area (Å²) in [6.07, 6.45) is 3.93. The number of ether oxygens (including phenoxy) is 2. The van der Waals surface area contributed by atoms with Gasteiger partial charge in [0, 0.05) is 23.6 Å². The molecule has 0 aromatic carbocycles. The highest BCUT2D eigenvalue weighted by molar-refractivity contribution is 5.44. The molecule has 4 heteroatoms. The van der Waals surface area contributed by atoms with Gasteiger partial charge in [0.25, 0.3) is 0 Å². The van der Waals surface area contributed by atoms with Gasteiger partial charge in [0.15, 0.2) is 0 Å². The largest absolute Gasteiger partial charge is 0.495 e. The van der Waals surface area contributed by atoms with Crippen molar-refractivity contribution in [3.05, 3.63) is 17.8 Å². The fourth-order valence-corrected chi connectivity index (χ4v) is 1.85. The zero-order valence-electron chi connectivity index (χ0n) is 9.12. The molecule has 2 rings (SSSR count). The molecule has 1 heterocycles. The predicted molar refractivity (Wildman–Crippen MR) is 57.3 cm³/mol.